The minimum absolute atomic E-state index is 0.0210. The molecule has 2 heterocycles. The Morgan fingerprint density at radius 3 is 2.70 bits per heavy atom. The first kappa shape index (κ1) is 19.0. The van der Waals surface area contributed by atoms with Crippen LogP contribution in [0.25, 0.3) is 11.7 Å². The number of hydrogen-bond acceptors (Lipinski definition) is 8. The predicted molar refractivity (Wildman–Crippen MR) is 99.2 cm³/mol. The van der Waals surface area contributed by atoms with Crippen molar-refractivity contribution < 1.29 is 23.2 Å². The van der Waals surface area contributed by atoms with Gasteiger partial charge in [-0.25, -0.2) is 0 Å². The van der Waals surface area contributed by atoms with Crippen LogP contribution in [0.15, 0.2) is 51.5 Å². The van der Waals surface area contributed by atoms with Crippen molar-refractivity contribution in [3.05, 3.63) is 53.6 Å². The van der Waals surface area contributed by atoms with Crippen molar-refractivity contribution >= 4 is 40.9 Å². The summed E-state index contributed by atoms with van der Waals surface area (Å²) in [7, 11) is 0. The number of aromatic nitrogens is 2. The summed E-state index contributed by atoms with van der Waals surface area (Å²) >= 11 is 6.92. The fourth-order valence-electron chi connectivity index (χ4n) is 1.95. The maximum absolute atomic E-state index is 11.8. The molecule has 2 aromatic heterocycles. The maximum atomic E-state index is 11.8. The van der Waals surface area contributed by atoms with Crippen molar-refractivity contribution in [3.8, 4) is 11.7 Å². The predicted octanol–water partition coefficient (Wildman–Crippen LogP) is 3.40. The lowest BCUT2D eigenvalue weighted by Crippen LogP contribution is -2.16. The zero-order valence-corrected chi connectivity index (χ0v) is 15.5. The van der Waals surface area contributed by atoms with Crippen LogP contribution in [0.4, 0.5) is 5.69 Å². The molecule has 0 saturated heterocycles. The van der Waals surface area contributed by atoms with E-state index in [0.29, 0.717) is 16.5 Å². The molecule has 0 saturated carbocycles. The average Bonchev–Trinajstić information content (AvgIpc) is 3.33. The lowest BCUT2D eigenvalue weighted by atomic mass is 10.3. The molecular formula is C17H14ClN3O5S. The van der Waals surface area contributed by atoms with E-state index in [1.165, 1.54) is 6.26 Å². The summed E-state index contributed by atoms with van der Waals surface area (Å²) in [6.45, 7) is -0.149. The summed E-state index contributed by atoms with van der Waals surface area (Å²) in [5.41, 5.74) is 0.635. The molecule has 0 aliphatic rings. The lowest BCUT2D eigenvalue weighted by Gasteiger charge is -2.05. The molecule has 0 aliphatic heterocycles. The Morgan fingerprint density at radius 2 is 1.96 bits per heavy atom. The quantitative estimate of drug-likeness (QED) is 0.566. The molecule has 0 unspecified atom stereocenters. The first-order chi connectivity index (χ1) is 13.1. The van der Waals surface area contributed by atoms with Crippen molar-refractivity contribution in [2.24, 2.45) is 0 Å². The Labute approximate surface area is 163 Å². The van der Waals surface area contributed by atoms with Gasteiger partial charge in [-0.15, -0.1) is 22.0 Å². The fraction of sp³-hybridized carbons (Fsp3) is 0.176. The van der Waals surface area contributed by atoms with Gasteiger partial charge in [0.05, 0.1) is 17.8 Å². The number of rotatable bonds is 8. The van der Waals surface area contributed by atoms with Crippen LogP contribution in [0.5, 0.6) is 0 Å². The summed E-state index contributed by atoms with van der Waals surface area (Å²) < 4.78 is 15.5. The molecule has 3 rings (SSSR count). The van der Waals surface area contributed by atoms with Gasteiger partial charge in [0.1, 0.15) is 0 Å². The second-order valence-corrected chi connectivity index (χ2v) is 6.61. The first-order valence-corrected chi connectivity index (χ1v) is 9.28. The first-order valence-electron chi connectivity index (χ1n) is 7.75. The molecule has 0 spiro atoms. The van der Waals surface area contributed by atoms with Gasteiger partial charge in [0.15, 0.2) is 12.4 Å². The van der Waals surface area contributed by atoms with Gasteiger partial charge in [0.25, 0.3) is 11.8 Å². The highest BCUT2D eigenvalue weighted by molar-refractivity contribution is 8.00. The van der Waals surface area contributed by atoms with Crippen LogP contribution >= 0.6 is 23.4 Å². The number of carbonyl (C=O) groups excluding carboxylic acids is 2. The van der Waals surface area contributed by atoms with Crippen molar-refractivity contribution in [1.82, 2.24) is 10.2 Å². The highest BCUT2D eigenvalue weighted by atomic mass is 35.5. The molecule has 10 heteroatoms. The number of furan rings is 1. The van der Waals surface area contributed by atoms with E-state index in [2.05, 4.69) is 15.5 Å². The molecular weight excluding hydrogens is 394 g/mol. The smallest absolute Gasteiger partial charge is 0.316 e. The third kappa shape index (κ3) is 5.87. The number of amides is 1. The number of hydrogen-bond donors (Lipinski definition) is 1. The third-order valence-electron chi connectivity index (χ3n) is 3.14. The normalized spacial score (nSPS) is 10.6. The van der Waals surface area contributed by atoms with E-state index < -0.39 is 5.97 Å². The second-order valence-electron chi connectivity index (χ2n) is 5.19. The lowest BCUT2D eigenvalue weighted by molar-refractivity contribution is -0.142. The van der Waals surface area contributed by atoms with Crippen molar-refractivity contribution in [2.75, 3.05) is 16.8 Å². The molecule has 140 valence electrons. The monoisotopic (exact) mass is 407 g/mol. The molecule has 27 heavy (non-hydrogen) atoms. The molecule has 8 nitrogen and oxygen atoms in total. The van der Waals surface area contributed by atoms with E-state index >= 15 is 0 Å². The molecule has 0 aliphatic carbocycles. The standard InChI is InChI=1S/C17H14ClN3O5S/c18-11-3-5-12(6-4-11)19-14(22)9-27-10-16(23)25-8-15-20-21-17(26-15)13-2-1-7-24-13/h1-7H,8-10H2,(H,19,22). The van der Waals surface area contributed by atoms with E-state index in [1.807, 2.05) is 0 Å². The Bertz CT molecular complexity index is 896. The largest absolute Gasteiger partial charge is 0.459 e. The van der Waals surface area contributed by atoms with Gasteiger partial charge in [-0.1, -0.05) is 11.6 Å². The number of ether oxygens (including phenoxy) is 1. The van der Waals surface area contributed by atoms with E-state index in [4.69, 9.17) is 25.2 Å². The molecule has 0 bridgehead atoms. The van der Waals surface area contributed by atoms with Gasteiger partial charge in [-0.2, -0.15) is 0 Å². The maximum Gasteiger partial charge on any atom is 0.316 e. The Balaban J connectivity index is 1.35. The molecule has 0 atom stereocenters. The number of carbonyl (C=O) groups is 2. The highest BCUT2D eigenvalue weighted by Crippen LogP contribution is 2.18. The number of benzene rings is 1. The van der Waals surface area contributed by atoms with Crippen LogP contribution in [-0.2, 0) is 20.9 Å². The number of anilines is 1. The van der Waals surface area contributed by atoms with Gasteiger partial charge in [-0.05, 0) is 36.4 Å². The summed E-state index contributed by atoms with van der Waals surface area (Å²) in [4.78, 5) is 23.5. The van der Waals surface area contributed by atoms with E-state index in [0.717, 1.165) is 11.8 Å². The van der Waals surface area contributed by atoms with Gasteiger partial charge in [0.2, 0.25) is 5.91 Å². The molecule has 0 radical (unpaired) electrons. The van der Waals surface area contributed by atoms with Crippen LogP contribution < -0.4 is 5.32 Å². The third-order valence-corrected chi connectivity index (χ3v) is 4.29. The van der Waals surface area contributed by atoms with Crippen LogP contribution in [0.2, 0.25) is 5.02 Å². The topological polar surface area (TPSA) is 107 Å². The highest BCUT2D eigenvalue weighted by Gasteiger charge is 2.13. The summed E-state index contributed by atoms with van der Waals surface area (Å²) in [5, 5.41) is 10.9. The molecule has 3 aromatic rings. The summed E-state index contributed by atoms with van der Waals surface area (Å²) in [5.74, 6) is 0.211. The number of nitrogens with one attached hydrogen (secondary N) is 1. The Kier molecular flexibility index (Phi) is 6.50. The summed E-state index contributed by atoms with van der Waals surface area (Å²) in [6, 6.07) is 10.1. The van der Waals surface area contributed by atoms with Crippen molar-refractivity contribution in [2.45, 2.75) is 6.61 Å². The van der Waals surface area contributed by atoms with Gasteiger partial charge >= 0.3 is 5.97 Å². The molecule has 1 amide bonds. The fourth-order valence-corrected chi connectivity index (χ4v) is 2.69. The van der Waals surface area contributed by atoms with Gasteiger partial charge in [0, 0.05) is 10.7 Å². The van der Waals surface area contributed by atoms with E-state index in [1.54, 1.807) is 36.4 Å². The SMILES string of the molecule is O=C(CSCC(=O)OCc1nnc(-c2ccco2)o1)Nc1ccc(Cl)cc1. The van der Waals surface area contributed by atoms with Crippen LogP contribution in [0.1, 0.15) is 5.89 Å². The zero-order valence-electron chi connectivity index (χ0n) is 13.9. The molecule has 1 aromatic carbocycles. The van der Waals surface area contributed by atoms with E-state index in [9.17, 15) is 9.59 Å². The molecule has 1 N–H and O–H groups in total. The second kappa shape index (κ2) is 9.24. The number of thioether (sulfide) groups is 1. The number of esters is 1. The minimum Gasteiger partial charge on any atom is -0.459 e. The van der Waals surface area contributed by atoms with Gasteiger partial charge in [-0.3, -0.25) is 9.59 Å². The molecule has 0 fully saturated rings. The van der Waals surface area contributed by atoms with Crippen LogP contribution in [-0.4, -0.2) is 33.6 Å². The van der Waals surface area contributed by atoms with Crippen LogP contribution in [0, 0.1) is 0 Å². The van der Waals surface area contributed by atoms with Crippen molar-refractivity contribution in [3.63, 3.8) is 0 Å². The van der Waals surface area contributed by atoms with Crippen LogP contribution in [0.3, 0.4) is 0 Å². The average molecular weight is 408 g/mol. The zero-order chi connectivity index (χ0) is 19.1. The Hall–Kier alpha value is -2.78. The van der Waals surface area contributed by atoms with E-state index in [-0.39, 0.29) is 35.8 Å². The number of nitrogens with zero attached hydrogens (tertiary/aromatic N) is 2. The summed E-state index contributed by atoms with van der Waals surface area (Å²) in [6.07, 6.45) is 1.49. The van der Waals surface area contributed by atoms with Crippen molar-refractivity contribution in [1.29, 1.82) is 0 Å². The van der Waals surface area contributed by atoms with Gasteiger partial charge < -0.3 is 18.9 Å². The Morgan fingerprint density at radius 1 is 1.15 bits per heavy atom. The number of halogens is 1. The minimum atomic E-state index is -0.489.